The standard InChI is InChI=1S/C18H28N2O3/c1-12-6-5-7-14(16(12)21)10-19-11-15(13-8-9-13)20-17(22)23-18(2,3)4/h5-7,13,15,19,21H,8-11H2,1-4H3,(H,20,22). The fourth-order valence-corrected chi connectivity index (χ4v) is 2.52. The molecule has 0 aromatic heterocycles. The van der Waals surface area contributed by atoms with Gasteiger partial charge in [-0.15, -0.1) is 0 Å². The summed E-state index contributed by atoms with van der Waals surface area (Å²) in [6, 6.07) is 5.79. The molecule has 1 aliphatic rings. The molecule has 1 atom stereocenters. The van der Waals surface area contributed by atoms with E-state index in [0.29, 0.717) is 24.8 Å². The van der Waals surface area contributed by atoms with Crippen molar-refractivity contribution < 1.29 is 14.6 Å². The normalized spacial score (nSPS) is 16.0. The maximum atomic E-state index is 11.9. The molecule has 1 aromatic rings. The molecule has 0 aliphatic heterocycles. The van der Waals surface area contributed by atoms with Crippen molar-refractivity contribution in [2.75, 3.05) is 6.54 Å². The van der Waals surface area contributed by atoms with Crippen LogP contribution in [0.4, 0.5) is 4.79 Å². The summed E-state index contributed by atoms with van der Waals surface area (Å²) >= 11 is 0. The number of ether oxygens (including phenoxy) is 1. The first kappa shape index (κ1) is 17.6. The Morgan fingerprint density at radius 1 is 1.39 bits per heavy atom. The molecule has 2 rings (SSSR count). The number of aryl methyl sites for hydroxylation is 1. The summed E-state index contributed by atoms with van der Waals surface area (Å²) in [7, 11) is 0. The second-order valence-corrected chi connectivity index (χ2v) is 7.30. The molecule has 0 spiro atoms. The van der Waals surface area contributed by atoms with Gasteiger partial charge >= 0.3 is 6.09 Å². The molecule has 0 bridgehead atoms. The number of hydrogen-bond donors (Lipinski definition) is 3. The number of benzene rings is 1. The van der Waals surface area contributed by atoms with Crippen molar-refractivity contribution in [1.82, 2.24) is 10.6 Å². The number of nitrogens with one attached hydrogen (secondary N) is 2. The average Bonchev–Trinajstić information content (AvgIpc) is 3.24. The molecule has 128 valence electrons. The summed E-state index contributed by atoms with van der Waals surface area (Å²) in [6.45, 7) is 8.70. The van der Waals surface area contributed by atoms with Gasteiger partial charge in [0.15, 0.2) is 0 Å². The van der Waals surface area contributed by atoms with Crippen LogP contribution in [0.25, 0.3) is 0 Å². The van der Waals surface area contributed by atoms with Crippen molar-refractivity contribution in [3.05, 3.63) is 29.3 Å². The van der Waals surface area contributed by atoms with Crippen molar-refractivity contribution in [3.63, 3.8) is 0 Å². The molecule has 1 saturated carbocycles. The lowest BCUT2D eigenvalue weighted by atomic mass is 10.1. The Balaban J connectivity index is 1.83. The van der Waals surface area contributed by atoms with Crippen LogP contribution in [0.3, 0.4) is 0 Å². The van der Waals surface area contributed by atoms with E-state index in [9.17, 15) is 9.90 Å². The third-order valence-corrected chi connectivity index (χ3v) is 3.89. The Hall–Kier alpha value is -1.75. The third-order valence-electron chi connectivity index (χ3n) is 3.89. The Morgan fingerprint density at radius 2 is 2.09 bits per heavy atom. The molecule has 1 fully saturated rings. The van der Waals surface area contributed by atoms with Crippen molar-refractivity contribution >= 4 is 6.09 Å². The van der Waals surface area contributed by atoms with Crippen LogP contribution in [-0.4, -0.2) is 29.4 Å². The summed E-state index contributed by atoms with van der Waals surface area (Å²) in [6.07, 6.45) is 1.91. The van der Waals surface area contributed by atoms with Gasteiger partial charge in [-0.1, -0.05) is 18.2 Å². The molecule has 0 radical (unpaired) electrons. The number of amides is 1. The Morgan fingerprint density at radius 3 is 2.70 bits per heavy atom. The van der Waals surface area contributed by atoms with E-state index in [4.69, 9.17) is 4.74 Å². The molecule has 1 unspecified atom stereocenters. The highest BCUT2D eigenvalue weighted by molar-refractivity contribution is 5.68. The topological polar surface area (TPSA) is 70.6 Å². The van der Waals surface area contributed by atoms with Gasteiger partial charge in [0.1, 0.15) is 11.4 Å². The monoisotopic (exact) mass is 320 g/mol. The minimum Gasteiger partial charge on any atom is -0.507 e. The molecule has 5 heteroatoms. The number of phenolic OH excluding ortho intramolecular Hbond substituents is 1. The van der Waals surface area contributed by atoms with Crippen LogP contribution in [0.2, 0.25) is 0 Å². The smallest absolute Gasteiger partial charge is 0.407 e. The molecule has 3 N–H and O–H groups in total. The van der Waals surface area contributed by atoms with Crippen LogP contribution in [0.1, 0.15) is 44.7 Å². The molecular weight excluding hydrogens is 292 g/mol. The first-order chi connectivity index (χ1) is 10.8. The largest absolute Gasteiger partial charge is 0.507 e. The summed E-state index contributed by atoms with van der Waals surface area (Å²) in [5, 5.41) is 16.3. The van der Waals surface area contributed by atoms with Crippen molar-refractivity contribution in [1.29, 1.82) is 0 Å². The van der Waals surface area contributed by atoms with E-state index in [-0.39, 0.29) is 12.1 Å². The second-order valence-electron chi connectivity index (χ2n) is 7.30. The highest BCUT2D eigenvalue weighted by Crippen LogP contribution is 2.32. The Kier molecular flexibility index (Phi) is 5.52. The lowest BCUT2D eigenvalue weighted by molar-refractivity contribution is 0.0497. The number of rotatable bonds is 6. The van der Waals surface area contributed by atoms with E-state index in [1.807, 2.05) is 45.9 Å². The number of carbonyl (C=O) groups excluding carboxylic acids is 1. The van der Waals surface area contributed by atoms with Gasteiger partial charge in [-0.25, -0.2) is 4.79 Å². The predicted octanol–water partition coefficient (Wildman–Crippen LogP) is 3.09. The fourth-order valence-electron chi connectivity index (χ4n) is 2.52. The number of aromatic hydroxyl groups is 1. The van der Waals surface area contributed by atoms with Gasteiger partial charge in [0.25, 0.3) is 0 Å². The minimum absolute atomic E-state index is 0.0665. The molecule has 0 heterocycles. The van der Waals surface area contributed by atoms with E-state index in [2.05, 4.69) is 10.6 Å². The zero-order valence-corrected chi connectivity index (χ0v) is 14.5. The summed E-state index contributed by atoms with van der Waals surface area (Å²) < 4.78 is 5.33. The van der Waals surface area contributed by atoms with Gasteiger partial charge in [0, 0.05) is 24.7 Å². The summed E-state index contributed by atoms with van der Waals surface area (Å²) in [5.74, 6) is 0.851. The van der Waals surface area contributed by atoms with Crippen molar-refractivity contribution in [2.45, 2.75) is 58.7 Å². The van der Waals surface area contributed by atoms with Gasteiger partial charge in [-0.2, -0.15) is 0 Å². The number of carbonyl (C=O) groups is 1. The summed E-state index contributed by atoms with van der Waals surface area (Å²) in [4.78, 5) is 11.9. The SMILES string of the molecule is Cc1cccc(CNCC(NC(=O)OC(C)(C)C)C2CC2)c1O. The molecule has 1 amide bonds. The Labute approximate surface area is 138 Å². The van der Waals surface area contributed by atoms with Gasteiger partial charge in [-0.05, 0) is 52.0 Å². The zero-order chi connectivity index (χ0) is 17.0. The van der Waals surface area contributed by atoms with E-state index >= 15 is 0 Å². The fraction of sp³-hybridized carbons (Fsp3) is 0.611. The Bertz CT molecular complexity index is 548. The van der Waals surface area contributed by atoms with E-state index in [0.717, 1.165) is 24.0 Å². The average molecular weight is 320 g/mol. The lowest BCUT2D eigenvalue weighted by Gasteiger charge is -2.24. The maximum absolute atomic E-state index is 11.9. The van der Waals surface area contributed by atoms with Gasteiger partial charge in [-0.3, -0.25) is 0 Å². The number of para-hydroxylation sites is 1. The highest BCUT2D eigenvalue weighted by atomic mass is 16.6. The molecule has 1 aliphatic carbocycles. The lowest BCUT2D eigenvalue weighted by Crippen LogP contribution is -2.45. The van der Waals surface area contributed by atoms with Crippen LogP contribution < -0.4 is 10.6 Å². The van der Waals surface area contributed by atoms with Crippen LogP contribution in [0.5, 0.6) is 5.75 Å². The summed E-state index contributed by atoms with van der Waals surface area (Å²) in [5.41, 5.74) is 1.26. The maximum Gasteiger partial charge on any atom is 0.407 e. The molecule has 0 saturated heterocycles. The zero-order valence-electron chi connectivity index (χ0n) is 14.5. The number of phenols is 1. The van der Waals surface area contributed by atoms with E-state index < -0.39 is 5.60 Å². The van der Waals surface area contributed by atoms with Crippen molar-refractivity contribution in [3.8, 4) is 5.75 Å². The second kappa shape index (κ2) is 7.21. The van der Waals surface area contributed by atoms with Crippen LogP contribution in [0.15, 0.2) is 18.2 Å². The van der Waals surface area contributed by atoms with Crippen LogP contribution in [-0.2, 0) is 11.3 Å². The first-order valence-corrected chi connectivity index (χ1v) is 8.24. The minimum atomic E-state index is -0.487. The molecular formula is C18H28N2O3. The van der Waals surface area contributed by atoms with Crippen LogP contribution >= 0.6 is 0 Å². The predicted molar refractivity (Wildman–Crippen MR) is 90.4 cm³/mol. The van der Waals surface area contributed by atoms with Crippen LogP contribution in [0, 0.1) is 12.8 Å². The quantitative estimate of drug-likeness (QED) is 0.753. The van der Waals surface area contributed by atoms with Gasteiger partial charge in [0.05, 0.1) is 0 Å². The molecule has 5 nitrogen and oxygen atoms in total. The number of hydrogen-bond acceptors (Lipinski definition) is 4. The van der Waals surface area contributed by atoms with Gasteiger partial charge in [0.2, 0.25) is 0 Å². The van der Waals surface area contributed by atoms with E-state index in [1.54, 1.807) is 0 Å². The molecule has 23 heavy (non-hydrogen) atoms. The van der Waals surface area contributed by atoms with Crippen molar-refractivity contribution in [2.24, 2.45) is 5.92 Å². The van der Waals surface area contributed by atoms with E-state index in [1.165, 1.54) is 0 Å². The molecule has 1 aromatic carbocycles. The number of alkyl carbamates (subject to hydrolysis) is 1. The first-order valence-electron chi connectivity index (χ1n) is 8.24. The van der Waals surface area contributed by atoms with Gasteiger partial charge < -0.3 is 20.5 Å². The third kappa shape index (κ3) is 5.75. The highest BCUT2D eigenvalue weighted by Gasteiger charge is 2.33.